The average molecular weight is 302 g/mol. The van der Waals surface area contributed by atoms with Crippen LogP contribution in [0.4, 0.5) is 0 Å². The molecule has 2 unspecified atom stereocenters. The molecule has 1 fully saturated rings. The van der Waals surface area contributed by atoms with Gasteiger partial charge in [-0.25, -0.2) is 4.98 Å². The van der Waals surface area contributed by atoms with Gasteiger partial charge in [-0.05, 0) is 24.4 Å². The Bertz CT molecular complexity index is 569. The van der Waals surface area contributed by atoms with Crippen molar-refractivity contribution in [2.45, 2.75) is 32.4 Å². The number of hydrogen-bond acceptors (Lipinski definition) is 4. The summed E-state index contributed by atoms with van der Waals surface area (Å²) in [5.74, 6) is 0.422. The second-order valence-electron chi connectivity index (χ2n) is 5.96. The molecule has 1 N–H and O–H groups in total. The van der Waals surface area contributed by atoms with Gasteiger partial charge in [0.05, 0.1) is 16.8 Å². The summed E-state index contributed by atoms with van der Waals surface area (Å²) in [6.07, 6.45) is 1.79. The molecule has 1 saturated heterocycles. The molecule has 2 heterocycles. The van der Waals surface area contributed by atoms with Crippen molar-refractivity contribution in [1.29, 1.82) is 0 Å². The van der Waals surface area contributed by atoms with Gasteiger partial charge in [0.2, 0.25) is 0 Å². The second kappa shape index (κ2) is 6.69. The van der Waals surface area contributed by atoms with Crippen LogP contribution in [0, 0.1) is 5.92 Å². The van der Waals surface area contributed by atoms with Gasteiger partial charge >= 0.3 is 0 Å². The number of β-amino-alcohol motifs (C(OH)–C–C–N with tert-alkyl or cyclic N) is 1. The molecule has 0 radical (unpaired) electrons. The third-order valence-electron chi connectivity index (χ3n) is 4.19. The molecule has 0 aliphatic carbocycles. The van der Waals surface area contributed by atoms with Gasteiger partial charge in [0, 0.05) is 24.9 Å². The third-order valence-corrected chi connectivity index (χ3v) is 5.08. The summed E-state index contributed by atoms with van der Waals surface area (Å²) < 4.78 is 0. The highest BCUT2D eigenvalue weighted by molar-refractivity contribution is 7.09. The van der Waals surface area contributed by atoms with Crippen LogP contribution in [0.1, 0.15) is 29.6 Å². The van der Waals surface area contributed by atoms with Crippen molar-refractivity contribution in [2.24, 2.45) is 5.92 Å². The van der Waals surface area contributed by atoms with Crippen molar-refractivity contribution in [2.75, 3.05) is 13.1 Å². The zero-order chi connectivity index (χ0) is 14.7. The lowest BCUT2D eigenvalue weighted by atomic mass is 9.96. The normalized spacial score (nSPS) is 23.3. The number of aliphatic hydroxyl groups is 1. The number of piperidine rings is 1. The fourth-order valence-corrected chi connectivity index (χ4v) is 3.58. The molecule has 4 heteroatoms. The molecule has 0 amide bonds. The van der Waals surface area contributed by atoms with Crippen molar-refractivity contribution in [3.8, 4) is 0 Å². The molecule has 0 saturated carbocycles. The van der Waals surface area contributed by atoms with E-state index in [2.05, 4.69) is 41.5 Å². The number of rotatable bonds is 4. The van der Waals surface area contributed by atoms with E-state index in [0.717, 1.165) is 38.2 Å². The van der Waals surface area contributed by atoms with Crippen LogP contribution < -0.4 is 0 Å². The number of hydrogen-bond donors (Lipinski definition) is 1. The van der Waals surface area contributed by atoms with Gasteiger partial charge < -0.3 is 5.11 Å². The molecule has 3 rings (SSSR count). The van der Waals surface area contributed by atoms with E-state index in [0.29, 0.717) is 5.92 Å². The van der Waals surface area contributed by atoms with Gasteiger partial charge in [0.15, 0.2) is 0 Å². The standard InChI is InChI=1S/C17H22N2OS/c1-13-7-8-19(11-16(13)20)10-15-12-21-17(18-15)9-14-5-3-2-4-6-14/h2-6,12-13,16,20H,7-11H2,1H3. The van der Waals surface area contributed by atoms with Crippen molar-refractivity contribution in [3.05, 3.63) is 52.0 Å². The monoisotopic (exact) mass is 302 g/mol. The minimum absolute atomic E-state index is 0.193. The number of aromatic nitrogens is 1. The highest BCUT2D eigenvalue weighted by atomic mass is 32.1. The average Bonchev–Trinajstić information content (AvgIpc) is 2.91. The lowest BCUT2D eigenvalue weighted by Crippen LogP contribution is -2.42. The van der Waals surface area contributed by atoms with Crippen molar-refractivity contribution in [3.63, 3.8) is 0 Å². The van der Waals surface area contributed by atoms with Gasteiger partial charge in [-0.1, -0.05) is 37.3 Å². The maximum atomic E-state index is 9.97. The van der Waals surface area contributed by atoms with E-state index in [9.17, 15) is 5.11 Å². The van der Waals surface area contributed by atoms with Crippen molar-refractivity contribution in [1.82, 2.24) is 9.88 Å². The van der Waals surface area contributed by atoms with Gasteiger partial charge in [-0.3, -0.25) is 4.90 Å². The second-order valence-corrected chi connectivity index (χ2v) is 6.91. The first-order valence-corrected chi connectivity index (χ1v) is 8.46. The van der Waals surface area contributed by atoms with Gasteiger partial charge in [-0.15, -0.1) is 11.3 Å². The summed E-state index contributed by atoms with van der Waals surface area (Å²) in [6, 6.07) is 10.5. The summed E-state index contributed by atoms with van der Waals surface area (Å²) in [4.78, 5) is 7.05. The topological polar surface area (TPSA) is 36.4 Å². The summed E-state index contributed by atoms with van der Waals surface area (Å²) in [5, 5.41) is 13.3. The lowest BCUT2D eigenvalue weighted by molar-refractivity contribution is 0.0255. The quantitative estimate of drug-likeness (QED) is 0.943. The van der Waals surface area contributed by atoms with Gasteiger partial charge in [0.25, 0.3) is 0 Å². The van der Waals surface area contributed by atoms with E-state index in [1.165, 1.54) is 10.6 Å². The van der Waals surface area contributed by atoms with Crippen LogP contribution in [0.3, 0.4) is 0 Å². The summed E-state index contributed by atoms with van der Waals surface area (Å²) in [7, 11) is 0. The zero-order valence-corrected chi connectivity index (χ0v) is 13.2. The Hall–Kier alpha value is -1.23. The van der Waals surface area contributed by atoms with Crippen molar-refractivity contribution < 1.29 is 5.11 Å². The minimum atomic E-state index is -0.193. The van der Waals surface area contributed by atoms with Crippen LogP contribution in [0.15, 0.2) is 35.7 Å². The van der Waals surface area contributed by atoms with Crippen LogP contribution in [-0.4, -0.2) is 34.2 Å². The van der Waals surface area contributed by atoms with Crippen LogP contribution >= 0.6 is 11.3 Å². The molecule has 21 heavy (non-hydrogen) atoms. The van der Waals surface area contributed by atoms with E-state index in [-0.39, 0.29) is 6.10 Å². The molecule has 1 aliphatic rings. The molecule has 1 aromatic heterocycles. The number of nitrogens with zero attached hydrogens (tertiary/aromatic N) is 2. The molecule has 2 atom stereocenters. The SMILES string of the molecule is CC1CCN(Cc2csc(Cc3ccccc3)n2)CC1O. The first-order chi connectivity index (χ1) is 10.2. The number of aliphatic hydroxyl groups excluding tert-OH is 1. The molecule has 2 aromatic rings. The van der Waals surface area contributed by atoms with E-state index < -0.39 is 0 Å². The predicted octanol–water partition coefficient (Wildman–Crippen LogP) is 2.94. The van der Waals surface area contributed by atoms with Gasteiger partial charge in [0.1, 0.15) is 0 Å². The first kappa shape index (κ1) is 14.7. The molecule has 1 aliphatic heterocycles. The smallest absolute Gasteiger partial charge is 0.0972 e. The Kier molecular flexibility index (Phi) is 4.68. The zero-order valence-electron chi connectivity index (χ0n) is 12.4. The van der Waals surface area contributed by atoms with E-state index in [1.54, 1.807) is 11.3 Å². The minimum Gasteiger partial charge on any atom is -0.392 e. The summed E-state index contributed by atoms with van der Waals surface area (Å²) in [6.45, 7) is 4.81. The lowest BCUT2D eigenvalue weighted by Gasteiger charge is -2.33. The maximum absolute atomic E-state index is 9.97. The molecule has 1 aromatic carbocycles. The fraction of sp³-hybridized carbons (Fsp3) is 0.471. The summed E-state index contributed by atoms with van der Waals surface area (Å²) in [5.41, 5.74) is 2.44. The molecule has 112 valence electrons. The van der Waals surface area contributed by atoms with Crippen LogP contribution in [0.25, 0.3) is 0 Å². The Morgan fingerprint density at radius 1 is 1.33 bits per heavy atom. The van der Waals surface area contributed by atoms with Crippen molar-refractivity contribution >= 4 is 11.3 Å². The van der Waals surface area contributed by atoms with E-state index in [4.69, 9.17) is 4.98 Å². The van der Waals surface area contributed by atoms with E-state index in [1.807, 2.05) is 6.07 Å². The first-order valence-electron chi connectivity index (χ1n) is 7.58. The molecular formula is C17H22N2OS. The maximum Gasteiger partial charge on any atom is 0.0972 e. The molecular weight excluding hydrogens is 280 g/mol. The molecule has 0 bridgehead atoms. The Balaban J connectivity index is 1.58. The number of benzene rings is 1. The van der Waals surface area contributed by atoms with Crippen LogP contribution in [0.5, 0.6) is 0 Å². The van der Waals surface area contributed by atoms with Crippen LogP contribution in [0.2, 0.25) is 0 Å². The third kappa shape index (κ3) is 3.90. The summed E-state index contributed by atoms with van der Waals surface area (Å²) >= 11 is 1.73. The van der Waals surface area contributed by atoms with Crippen LogP contribution in [-0.2, 0) is 13.0 Å². The Labute approximate surface area is 130 Å². The largest absolute Gasteiger partial charge is 0.392 e. The highest BCUT2D eigenvalue weighted by Gasteiger charge is 2.24. The van der Waals surface area contributed by atoms with Gasteiger partial charge in [-0.2, -0.15) is 0 Å². The van der Waals surface area contributed by atoms with E-state index >= 15 is 0 Å². The number of thiazole rings is 1. The highest BCUT2D eigenvalue weighted by Crippen LogP contribution is 2.20. The molecule has 0 spiro atoms. The Morgan fingerprint density at radius 3 is 2.90 bits per heavy atom. The fourth-order valence-electron chi connectivity index (χ4n) is 2.76. The number of likely N-dealkylation sites (tertiary alicyclic amines) is 1. The Morgan fingerprint density at radius 2 is 2.14 bits per heavy atom. The predicted molar refractivity (Wildman–Crippen MR) is 86.4 cm³/mol. The molecule has 3 nitrogen and oxygen atoms in total.